The molecule has 0 spiro atoms. The highest BCUT2D eigenvalue weighted by Gasteiger charge is 2.15. The number of nitrogens with two attached hydrogens (primary N) is 1. The molecule has 0 bridgehead atoms. The Hall–Kier alpha value is -0.530. The number of guanidine groups is 1. The summed E-state index contributed by atoms with van der Waals surface area (Å²) in [5.74, 6) is 1.03. The molecule has 0 aromatic rings. The van der Waals surface area contributed by atoms with Gasteiger partial charge in [-0.05, 0) is 18.8 Å². The van der Waals surface area contributed by atoms with Crippen LogP contribution < -0.4 is 16.4 Å². The smallest absolute Gasteiger partial charge is 0.221 e. The van der Waals surface area contributed by atoms with Crippen LogP contribution in [0.4, 0.5) is 0 Å². The van der Waals surface area contributed by atoms with Crippen molar-refractivity contribution in [1.82, 2.24) is 10.6 Å². The predicted molar refractivity (Wildman–Crippen MR) is 94.4 cm³/mol. The van der Waals surface area contributed by atoms with E-state index in [0.29, 0.717) is 37.4 Å². The Morgan fingerprint density at radius 3 is 2.55 bits per heavy atom. The Bertz CT molecular complexity index is 302. The van der Waals surface area contributed by atoms with Crippen LogP contribution in [0.15, 0.2) is 4.99 Å². The van der Waals surface area contributed by atoms with Crippen molar-refractivity contribution in [3.05, 3.63) is 0 Å². The van der Waals surface area contributed by atoms with Gasteiger partial charge in [0.05, 0.1) is 0 Å². The Kier molecular flexibility index (Phi) is 10.9. The maximum atomic E-state index is 11.7. The van der Waals surface area contributed by atoms with Gasteiger partial charge in [0.25, 0.3) is 0 Å². The van der Waals surface area contributed by atoms with Crippen LogP contribution in [-0.2, 0) is 4.79 Å². The van der Waals surface area contributed by atoms with Crippen LogP contribution in [0, 0.1) is 5.92 Å². The number of nitrogens with one attached hydrogen (secondary N) is 2. The molecule has 1 rings (SSSR count). The number of nitrogens with zero attached hydrogens (tertiary/aromatic N) is 1. The molecule has 4 N–H and O–H groups in total. The largest absolute Gasteiger partial charge is 0.370 e. The monoisotopic (exact) mass is 396 g/mol. The molecule has 5 nitrogen and oxygen atoms in total. The Morgan fingerprint density at radius 2 is 1.95 bits per heavy atom. The minimum Gasteiger partial charge on any atom is -0.370 e. The lowest BCUT2D eigenvalue weighted by Crippen LogP contribution is -2.39. The summed E-state index contributed by atoms with van der Waals surface area (Å²) in [6, 6.07) is 0.383. The highest BCUT2D eigenvalue weighted by atomic mass is 127. The van der Waals surface area contributed by atoms with E-state index in [1.807, 2.05) is 0 Å². The molecular weight excluding hydrogens is 367 g/mol. The van der Waals surface area contributed by atoms with Crippen LogP contribution in [0.1, 0.15) is 52.4 Å². The molecule has 20 heavy (non-hydrogen) atoms. The Morgan fingerprint density at radius 1 is 1.30 bits per heavy atom. The third kappa shape index (κ3) is 9.39. The lowest BCUT2D eigenvalue weighted by atomic mass is 9.95. The summed E-state index contributed by atoms with van der Waals surface area (Å²) in [4.78, 5) is 15.9. The van der Waals surface area contributed by atoms with E-state index < -0.39 is 0 Å². The summed E-state index contributed by atoms with van der Waals surface area (Å²) >= 11 is 0. The Labute approximate surface area is 139 Å². The highest BCUT2D eigenvalue weighted by Crippen LogP contribution is 2.17. The van der Waals surface area contributed by atoms with Crippen LogP contribution in [-0.4, -0.2) is 31.0 Å². The van der Waals surface area contributed by atoms with Gasteiger partial charge in [-0.15, -0.1) is 24.0 Å². The van der Waals surface area contributed by atoms with Gasteiger partial charge >= 0.3 is 0 Å². The van der Waals surface area contributed by atoms with Crippen molar-refractivity contribution in [3.8, 4) is 0 Å². The van der Waals surface area contributed by atoms with Crippen molar-refractivity contribution in [2.75, 3.05) is 13.1 Å². The molecule has 1 saturated carbocycles. The van der Waals surface area contributed by atoms with Crippen molar-refractivity contribution >= 4 is 35.8 Å². The quantitative estimate of drug-likeness (QED) is 0.365. The second kappa shape index (κ2) is 11.2. The number of aliphatic imine (C=N–C) groups is 1. The van der Waals surface area contributed by atoms with Crippen LogP contribution >= 0.6 is 24.0 Å². The number of rotatable bonds is 6. The van der Waals surface area contributed by atoms with Gasteiger partial charge in [0.2, 0.25) is 5.91 Å². The molecule has 1 aliphatic carbocycles. The molecule has 1 fully saturated rings. The zero-order valence-electron chi connectivity index (χ0n) is 12.7. The number of halogens is 1. The van der Waals surface area contributed by atoms with Gasteiger partial charge in [-0.1, -0.05) is 33.1 Å². The van der Waals surface area contributed by atoms with Crippen molar-refractivity contribution < 1.29 is 4.79 Å². The molecule has 0 unspecified atom stereocenters. The van der Waals surface area contributed by atoms with E-state index in [2.05, 4.69) is 29.5 Å². The standard InChI is InChI=1S/C14H28N4O.HI/c1-11(2)10-17-14(15)16-9-8-13(19)18-12-6-4-3-5-7-12;/h11-12H,3-10H2,1-2H3,(H,18,19)(H3,15,16,17);1H. The number of hydrogen-bond donors (Lipinski definition) is 3. The normalized spacial score (nSPS) is 16.6. The summed E-state index contributed by atoms with van der Waals surface area (Å²) in [7, 11) is 0. The lowest BCUT2D eigenvalue weighted by Gasteiger charge is -2.22. The van der Waals surface area contributed by atoms with Gasteiger partial charge in [0.1, 0.15) is 0 Å². The zero-order chi connectivity index (χ0) is 14.1. The van der Waals surface area contributed by atoms with Crippen molar-refractivity contribution in [3.63, 3.8) is 0 Å². The molecule has 0 aromatic heterocycles. The lowest BCUT2D eigenvalue weighted by molar-refractivity contribution is -0.121. The van der Waals surface area contributed by atoms with Crippen LogP contribution in [0.25, 0.3) is 0 Å². The van der Waals surface area contributed by atoms with E-state index in [0.717, 1.165) is 12.8 Å². The van der Waals surface area contributed by atoms with Crippen molar-refractivity contribution in [2.45, 2.75) is 58.4 Å². The van der Waals surface area contributed by atoms with E-state index in [9.17, 15) is 4.79 Å². The fourth-order valence-electron chi connectivity index (χ4n) is 2.19. The van der Waals surface area contributed by atoms with Gasteiger partial charge in [-0.3, -0.25) is 9.79 Å². The van der Waals surface area contributed by atoms with Crippen LogP contribution in [0.5, 0.6) is 0 Å². The molecule has 0 aliphatic heterocycles. The first-order valence-electron chi connectivity index (χ1n) is 7.41. The molecule has 0 aromatic carbocycles. The number of hydrogen-bond acceptors (Lipinski definition) is 2. The second-order valence-electron chi connectivity index (χ2n) is 5.70. The van der Waals surface area contributed by atoms with E-state index >= 15 is 0 Å². The summed E-state index contributed by atoms with van der Waals surface area (Å²) in [6.45, 7) is 5.45. The molecule has 1 aliphatic rings. The van der Waals surface area contributed by atoms with E-state index in [1.165, 1.54) is 19.3 Å². The fraction of sp³-hybridized carbons (Fsp3) is 0.857. The van der Waals surface area contributed by atoms with Gasteiger partial charge in [0, 0.05) is 25.6 Å². The molecule has 0 radical (unpaired) electrons. The SMILES string of the molecule is CC(C)CN=C(N)NCCC(=O)NC1CCCCC1.I. The van der Waals surface area contributed by atoms with E-state index in [1.54, 1.807) is 0 Å². The topological polar surface area (TPSA) is 79.5 Å². The summed E-state index contributed by atoms with van der Waals surface area (Å²) in [5.41, 5.74) is 5.70. The van der Waals surface area contributed by atoms with Crippen molar-refractivity contribution in [2.24, 2.45) is 16.6 Å². The molecule has 0 saturated heterocycles. The zero-order valence-corrected chi connectivity index (χ0v) is 15.0. The number of carbonyl (C=O) groups is 1. The minimum atomic E-state index is 0. The van der Waals surface area contributed by atoms with E-state index in [4.69, 9.17) is 5.73 Å². The molecule has 118 valence electrons. The summed E-state index contributed by atoms with van der Waals surface area (Å²) in [6.07, 6.45) is 6.47. The first-order valence-corrected chi connectivity index (χ1v) is 7.41. The third-order valence-corrected chi connectivity index (χ3v) is 3.26. The average Bonchev–Trinajstić information content (AvgIpc) is 2.37. The maximum Gasteiger partial charge on any atom is 0.221 e. The minimum absolute atomic E-state index is 0. The Balaban J connectivity index is 0.00000361. The maximum absolute atomic E-state index is 11.7. The highest BCUT2D eigenvalue weighted by molar-refractivity contribution is 14.0. The second-order valence-corrected chi connectivity index (χ2v) is 5.70. The molecular formula is C14H29IN4O. The first-order chi connectivity index (χ1) is 9.08. The van der Waals surface area contributed by atoms with Crippen LogP contribution in [0.2, 0.25) is 0 Å². The molecule has 0 atom stereocenters. The number of carbonyl (C=O) groups excluding carboxylic acids is 1. The van der Waals surface area contributed by atoms with E-state index in [-0.39, 0.29) is 29.9 Å². The van der Waals surface area contributed by atoms with Gasteiger partial charge in [-0.2, -0.15) is 0 Å². The van der Waals surface area contributed by atoms with Crippen LogP contribution in [0.3, 0.4) is 0 Å². The van der Waals surface area contributed by atoms with Gasteiger partial charge in [-0.25, -0.2) is 0 Å². The summed E-state index contributed by atoms with van der Waals surface area (Å²) < 4.78 is 0. The fourth-order valence-corrected chi connectivity index (χ4v) is 2.19. The molecule has 6 heteroatoms. The number of amides is 1. The first kappa shape index (κ1) is 19.5. The van der Waals surface area contributed by atoms with Gasteiger partial charge < -0.3 is 16.4 Å². The van der Waals surface area contributed by atoms with Crippen molar-refractivity contribution in [1.29, 1.82) is 0 Å². The summed E-state index contributed by atoms with van der Waals surface area (Å²) in [5, 5.41) is 6.06. The third-order valence-electron chi connectivity index (χ3n) is 3.26. The molecule has 1 amide bonds. The molecule has 0 heterocycles. The van der Waals surface area contributed by atoms with Gasteiger partial charge in [0.15, 0.2) is 5.96 Å². The predicted octanol–water partition coefficient (Wildman–Crippen LogP) is 2.00. The average molecular weight is 396 g/mol.